The van der Waals surface area contributed by atoms with Crippen molar-refractivity contribution < 1.29 is 13.9 Å². The molecule has 1 saturated carbocycles. The van der Waals surface area contributed by atoms with Crippen molar-refractivity contribution in [1.82, 2.24) is 5.32 Å². The van der Waals surface area contributed by atoms with Crippen LogP contribution in [0.4, 0.5) is 4.39 Å². The molecule has 0 aromatic heterocycles. The highest BCUT2D eigenvalue weighted by atomic mass is 19.1. The van der Waals surface area contributed by atoms with Gasteiger partial charge in [0.05, 0.1) is 19.8 Å². The van der Waals surface area contributed by atoms with E-state index >= 15 is 0 Å². The van der Waals surface area contributed by atoms with Crippen molar-refractivity contribution in [1.29, 1.82) is 0 Å². The van der Waals surface area contributed by atoms with Crippen LogP contribution in [0.25, 0.3) is 0 Å². The summed E-state index contributed by atoms with van der Waals surface area (Å²) in [5, 5.41) is 3.45. The number of methoxy groups -OCH3 is 1. The monoisotopic (exact) mass is 267 g/mol. The first kappa shape index (κ1) is 14.4. The zero-order valence-electron chi connectivity index (χ0n) is 11.4. The lowest BCUT2D eigenvalue weighted by Crippen LogP contribution is -2.41. The molecule has 0 aliphatic heterocycles. The molecule has 1 aromatic rings. The Kier molecular flexibility index (Phi) is 5.76. The smallest absolute Gasteiger partial charge is 0.123 e. The van der Waals surface area contributed by atoms with Crippen LogP contribution < -0.4 is 5.32 Å². The van der Waals surface area contributed by atoms with Crippen LogP contribution >= 0.6 is 0 Å². The van der Waals surface area contributed by atoms with E-state index in [2.05, 4.69) is 5.32 Å². The lowest BCUT2D eigenvalue weighted by atomic mass is 9.76. The standard InChI is InChI=1S/C15H22FNO2/c1-18-7-8-19-6-5-17-15-10-13(11-15)12-3-2-4-14(16)9-12/h2-4,9,13,15,17H,5-8,10-11H2,1H3. The third-order valence-corrected chi connectivity index (χ3v) is 3.57. The Labute approximate surface area is 114 Å². The highest BCUT2D eigenvalue weighted by Crippen LogP contribution is 2.36. The molecule has 19 heavy (non-hydrogen) atoms. The van der Waals surface area contributed by atoms with Crippen molar-refractivity contribution >= 4 is 0 Å². The molecule has 0 heterocycles. The molecule has 1 aliphatic carbocycles. The van der Waals surface area contributed by atoms with Gasteiger partial charge in [0, 0.05) is 19.7 Å². The number of benzene rings is 1. The van der Waals surface area contributed by atoms with Crippen LogP contribution in [0, 0.1) is 5.82 Å². The maximum atomic E-state index is 13.1. The second-order valence-electron chi connectivity index (χ2n) is 4.98. The maximum Gasteiger partial charge on any atom is 0.123 e. The second-order valence-corrected chi connectivity index (χ2v) is 4.98. The predicted octanol–water partition coefficient (Wildman–Crippen LogP) is 2.32. The Balaban J connectivity index is 1.56. The number of rotatable bonds is 8. The van der Waals surface area contributed by atoms with Gasteiger partial charge in [-0.1, -0.05) is 12.1 Å². The Morgan fingerprint density at radius 3 is 2.84 bits per heavy atom. The highest BCUT2D eigenvalue weighted by molar-refractivity contribution is 5.23. The number of nitrogens with one attached hydrogen (secondary N) is 1. The van der Waals surface area contributed by atoms with Gasteiger partial charge in [0.1, 0.15) is 5.82 Å². The molecule has 3 nitrogen and oxygen atoms in total. The third kappa shape index (κ3) is 4.56. The SMILES string of the molecule is COCCOCCNC1CC(c2cccc(F)c2)C1. The average molecular weight is 267 g/mol. The average Bonchev–Trinajstić information content (AvgIpc) is 2.35. The fraction of sp³-hybridized carbons (Fsp3) is 0.600. The lowest BCUT2D eigenvalue weighted by molar-refractivity contribution is 0.0694. The Morgan fingerprint density at radius 2 is 2.11 bits per heavy atom. The van der Waals surface area contributed by atoms with Crippen LogP contribution in [0.1, 0.15) is 24.3 Å². The van der Waals surface area contributed by atoms with Crippen molar-refractivity contribution in [3.8, 4) is 0 Å². The van der Waals surface area contributed by atoms with Gasteiger partial charge in [0.15, 0.2) is 0 Å². The van der Waals surface area contributed by atoms with Gasteiger partial charge in [-0.25, -0.2) is 4.39 Å². The topological polar surface area (TPSA) is 30.5 Å². The lowest BCUT2D eigenvalue weighted by Gasteiger charge is -2.36. The van der Waals surface area contributed by atoms with E-state index in [-0.39, 0.29) is 5.82 Å². The van der Waals surface area contributed by atoms with E-state index in [1.54, 1.807) is 19.2 Å². The third-order valence-electron chi connectivity index (χ3n) is 3.57. The normalized spacial score (nSPS) is 22.2. The van der Waals surface area contributed by atoms with Gasteiger partial charge in [-0.3, -0.25) is 0 Å². The summed E-state index contributed by atoms with van der Waals surface area (Å²) in [6.07, 6.45) is 2.17. The Hall–Kier alpha value is -0.970. The fourth-order valence-electron chi connectivity index (χ4n) is 2.40. The molecule has 4 heteroatoms. The van der Waals surface area contributed by atoms with Crippen molar-refractivity contribution in [3.05, 3.63) is 35.6 Å². The molecule has 0 radical (unpaired) electrons. The van der Waals surface area contributed by atoms with Crippen molar-refractivity contribution in [2.45, 2.75) is 24.8 Å². The molecule has 1 aromatic carbocycles. The molecule has 0 amide bonds. The minimum absolute atomic E-state index is 0.138. The molecule has 0 saturated heterocycles. The van der Waals surface area contributed by atoms with Crippen LogP contribution in [0.3, 0.4) is 0 Å². The summed E-state index contributed by atoms with van der Waals surface area (Å²) in [5.74, 6) is 0.364. The Bertz CT molecular complexity index is 380. The first-order valence-electron chi connectivity index (χ1n) is 6.85. The summed E-state index contributed by atoms with van der Waals surface area (Å²) < 4.78 is 23.4. The van der Waals surface area contributed by atoms with Gasteiger partial charge in [0.25, 0.3) is 0 Å². The van der Waals surface area contributed by atoms with E-state index in [1.807, 2.05) is 6.07 Å². The molecule has 1 N–H and O–H groups in total. The van der Waals surface area contributed by atoms with E-state index < -0.39 is 0 Å². The zero-order chi connectivity index (χ0) is 13.5. The van der Waals surface area contributed by atoms with Crippen LogP contribution in [0.5, 0.6) is 0 Å². The second kappa shape index (κ2) is 7.58. The Morgan fingerprint density at radius 1 is 1.26 bits per heavy atom. The van der Waals surface area contributed by atoms with Crippen molar-refractivity contribution in [2.75, 3.05) is 33.5 Å². The number of hydrogen-bond acceptors (Lipinski definition) is 3. The van der Waals surface area contributed by atoms with E-state index in [0.29, 0.717) is 31.8 Å². The van der Waals surface area contributed by atoms with Crippen LogP contribution in [0.2, 0.25) is 0 Å². The molecule has 1 aliphatic rings. The summed E-state index contributed by atoms with van der Waals surface area (Å²) in [5.41, 5.74) is 1.12. The quantitative estimate of drug-likeness (QED) is 0.733. The van der Waals surface area contributed by atoms with Gasteiger partial charge >= 0.3 is 0 Å². The largest absolute Gasteiger partial charge is 0.382 e. The maximum absolute atomic E-state index is 13.1. The van der Waals surface area contributed by atoms with Gasteiger partial charge in [-0.2, -0.15) is 0 Å². The zero-order valence-corrected chi connectivity index (χ0v) is 11.4. The molecular weight excluding hydrogens is 245 g/mol. The highest BCUT2D eigenvalue weighted by Gasteiger charge is 2.29. The molecule has 0 atom stereocenters. The van der Waals surface area contributed by atoms with E-state index in [4.69, 9.17) is 9.47 Å². The summed E-state index contributed by atoms with van der Waals surface area (Å²) >= 11 is 0. The number of ether oxygens (including phenoxy) is 2. The summed E-state index contributed by atoms with van der Waals surface area (Å²) in [7, 11) is 1.67. The molecular formula is C15H22FNO2. The first-order valence-corrected chi connectivity index (χ1v) is 6.85. The summed E-state index contributed by atoms with van der Waals surface area (Å²) in [6, 6.07) is 7.48. The van der Waals surface area contributed by atoms with Gasteiger partial charge in [-0.05, 0) is 36.5 Å². The van der Waals surface area contributed by atoms with Crippen molar-refractivity contribution in [3.63, 3.8) is 0 Å². The van der Waals surface area contributed by atoms with E-state index in [9.17, 15) is 4.39 Å². The van der Waals surface area contributed by atoms with Gasteiger partial charge < -0.3 is 14.8 Å². The molecule has 0 spiro atoms. The summed E-state index contributed by atoms with van der Waals surface area (Å²) in [6.45, 7) is 2.87. The minimum Gasteiger partial charge on any atom is -0.382 e. The first-order chi connectivity index (χ1) is 9.29. The predicted molar refractivity (Wildman–Crippen MR) is 72.9 cm³/mol. The van der Waals surface area contributed by atoms with Crippen LogP contribution in [-0.2, 0) is 9.47 Å². The fourth-order valence-corrected chi connectivity index (χ4v) is 2.40. The minimum atomic E-state index is -0.138. The van der Waals surface area contributed by atoms with Crippen LogP contribution in [-0.4, -0.2) is 39.5 Å². The number of halogens is 1. The number of hydrogen-bond donors (Lipinski definition) is 1. The molecule has 1 fully saturated rings. The van der Waals surface area contributed by atoms with Crippen molar-refractivity contribution in [2.24, 2.45) is 0 Å². The molecule has 0 bridgehead atoms. The van der Waals surface area contributed by atoms with Crippen LogP contribution in [0.15, 0.2) is 24.3 Å². The molecule has 2 rings (SSSR count). The summed E-state index contributed by atoms with van der Waals surface area (Å²) in [4.78, 5) is 0. The van der Waals surface area contributed by atoms with E-state index in [1.165, 1.54) is 6.07 Å². The molecule has 106 valence electrons. The van der Waals surface area contributed by atoms with E-state index in [0.717, 1.165) is 24.9 Å². The van der Waals surface area contributed by atoms with Gasteiger partial charge in [-0.15, -0.1) is 0 Å². The van der Waals surface area contributed by atoms with Gasteiger partial charge in [0.2, 0.25) is 0 Å². The molecule has 0 unspecified atom stereocenters.